The molecule has 0 spiro atoms. The van der Waals surface area contributed by atoms with Crippen LogP contribution in [0.3, 0.4) is 0 Å². The molecule has 24 heavy (non-hydrogen) atoms. The van der Waals surface area contributed by atoms with Crippen LogP contribution in [0.1, 0.15) is 42.5 Å². The van der Waals surface area contributed by atoms with E-state index in [9.17, 15) is 14.3 Å². The number of hydrogen-bond acceptors (Lipinski definition) is 3. The van der Waals surface area contributed by atoms with Crippen LogP contribution in [0.4, 0.5) is 4.39 Å². The van der Waals surface area contributed by atoms with E-state index in [0.29, 0.717) is 11.1 Å². The highest BCUT2D eigenvalue weighted by Crippen LogP contribution is 2.27. The van der Waals surface area contributed by atoms with Crippen LogP contribution in [0.15, 0.2) is 42.6 Å². The van der Waals surface area contributed by atoms with Crippen molar-refractivity contribution in [2.24, 2.45) is 0 Å². The second kappa shape index (κ2) is 7.09. The Kier molecular flexibility index (Phi) is 4.90. The number of carbonyl (C=O) groups is 1. The van der Waals surface area contributed by atoms with Crippen LogP contribution >= 0.6 is 0 Å². The van der Waals surface area contributed by atoms with E-state index < -0.39 is 11.4 Å². The third-order valence-electron chi connectivity index (χ3n) is 4.54. The molecule has 0 radical (unpaired) electrons. The molecular formula is C19H21FN2O2. The summed E-state index contributed by atoms with van der Waals surface area (Å²) in [6.07, 6.45) is 6.12. The monoisotopic (exact) mass is 328 g/mol. The average Bonchev–Trinajstić information content (AvgIpc) is 2.61. The lowest BCUT2D eigenvalue weighted by molar-refractivity contribution is 0.00526. The van der Waals surface area contributed by atoms with Crippen molar-refractivity contribution in [3.63, 3.8) is 0 Å². The molecule has 2 aromatic rings. The minimum Gasteiger partial charge on any atom is -0.388 e. The van der Waals surface area contributed by atoms with Crippen LogP contribution in [0.5, 0.6) is 0 Å². The molecule has 0 saturated heterocycles. The molecule has 0 atom stereocenters. The summed E-state index contributed by atoms with van der Waals surface area (Å²) < 4.78 is 13.7. The molecule has 1 aromatic heterocycles. The Morgan fingerprint density at radius 1 is 1.17 bits per heavy atom. The van der Waals surface area contributed by atoms with Crippen molar-refractivity contribution in [1.82, 2.24) is 10.3 Å². The van der Waals surface area contributed by atoms with E-state index in [1.807, 2.05) is 0 Å². The van der Waals surface area contributed by atoms with Crippen LogP contribution in [0.25, 0.3) is 11.3 Å². The predicted octanol–water partition coefficient (Wildman–Crippen LogP) is 3.31. The molecule has 5 heteroatoms. The molecule has 0 unspecified atom stereocenters. The van der Waals surface area contributed by atoms with E-state index in [4.69, 9.17) is 0 Å². The number of benzene rings is 1. The fourth-order valence-electron chi connectivity index (χ4n) is 3.11. The predicted molar refractivity (Wildman–Crippen MR) is 90.0 cm³/mol. The zero-order chi connectivity index (χ0) is 17.0. The second-order valence-electron chi connectivity index (χ2n) is 6.38. The number of halogens is 1. The molecule has 1 aliphatic carbocycles. The van der Waals surface area contributed by atoms with E-state index in [1.54, 1.807) is 24.3 Å². The summed E-state index contributed by atoms with van der Waals surface area (Å²) in [6.45, 7) is 0.266. The molecule has 1 aliphatic rings. The van der Waals surface area contributed by atoms with Crippen molar-refractivity contribution >= 4 is 5.91 Å². The zero-order valence-electron chi connectivity index (χ0n) is 13.5. The van der Waals surface area contributed by atoms with Crippen molar-refractivity contribution < 1.29 is 14.3 Å². The van der Waals surface area contributed by atoms with Gasteiger partial charge in [0, 0.05) is 23.9 Å². The highest BCUT2D eigenvalue weighted by atomic mass is 19.1. The number of pyridine rings is 1. The minimum absolute atomic E-state index is 0.234. The van der Waals surface area contributed by atoms with Gasteiger partial charge in [-0.25, -0.2) is 4.39 Å². The van der Waals surface area contributed by atoms with Gasteiger partial charge in [0.1, 0.15) is 11.5 Å². The summed E-state index contributed by atoms with van der Waals surface area (Å²) in [5, 5.41) is 13.2. The summed E-state index contributed by atoms with van der Waals surface area (Å²) in [6, 6.07) is 9.53. The summed E-state index contributed by atoms with van der Waals surface area (Å²) in [4.78, 5) is 16.3. The average molecular weight is 328 g/mol. The fraction of sp³-hybridized carbons (Fsp3) is 0.368. The van der Waals surface area contributed by atoms with Crippen molar-refractivity contribution in [3.05, 3.63) is 54.0 Å². The van der Waals surface area contributed by atoms with Gasteiger partial charge in [-0.05, 0) is 37.1 Å². The number of amides is 1. The van der Waals surface area contributed by atoms with Gasteiger partial charge in [0.05, 0.1) is 5.60 Å². The third kappa shape index (κ3) is 3.79. The molecule has 126 valence electrons. The van der Waals surface area contributed by atoms with Gasteiger partial charge in [-0.15, -0.1) is 0 Å². The first kappa shape index (κ1) is 16.6. The summed E-state index contributed by atoms with van der Waals surface area (Å²) in [5.74, 6) is -0.628. The number of hydrogen-bond donors (Lipinski definition) is 2. The lowest BCUT2D eigenvalue weighted by Crippen LogP contribution is -2.44. The Labute approximate surface area is 140 Å². The smallest absolute Gasteiger partial charge is 0.251 e. The number of nitrogens with one attached hydrogen (secondary N) is 1. The van der Waals surface area contributed by atoms with Crippen LogP contribution in [0, 0.1) is 5.82 Å². The van der Waals surface area contributed by atoms with Crippen LogP contribution in [-0.4, -0.2) is 28.1 Å². The Morgan fingerprint density at radius 2 is 1.88 bits per heavy atom. The van der Waals surface area contributed by atoms with E-state index in [-0.39, 0.29) is 18.1 Å². The summed E-state index contributed by atoms with van der Waals surface area (Å²) in [7, 11) is 0. The SMILES string of the molecule is O=C(NCC1(O)CCCCC1)c1ccc(-c2ncccc2F)cc1. The maximum atomic E-state index is 13.7. The number of aromatic nitrogens is 1. The Balaban J connectivity index is 1.65. The summed E-state index contributed by atoms with van der Waals surface area (Å²) in [5.41, 5.74) is 0.580. The van der Waals surface area contributed by atoms with Crippen molar-refractivity contribution in [2.45, 2.75) is 37.7 Å². The first-order chi connectivity index (χ1) is 11.6. The molecule has 1 fully saturated rings. The van der Waals surface area contributed by atoms with Gasteiger partial charge in [-0.3, -0.25) is 9.78 Å². The first-order valence-corrected chi connectivity index (χ1v) is 8.29. The molecule has 0 aliphatic heterocycles. The highest BCUT2D eigenvalue weighted by Gasteiger charge is 2.29. The second-order valence-corrected chi connectivity index (χ2v) is 6.38. The molecule has 3 rings (SSSR count). The molecule has 1 saturated carbocycles. The van der Waals surface area contributed by atoms with E-state index >= 15 is 0 Å². The van der Waals surface area contributed by atoms with Gasteiger partial charge >= 0.3 is 0 Å². The molecule has 1 heterocycles. The number of carbonyl (C=O) groups excluding carboxylic acids is 1. The van der Waals surface area contributed by atoms with E-state index in [0.717, 1.165) is 32.1 Å². The fourth-order valence-corrected chi connectivity index (χ4v) is 3.11. The third-order valence-corrected chi connectivity index (χ3v) is 4.54. The normalized spacial score (nSPS) is 16.6. The topological polar surface area (TPSA) is 62.2 Å². The lowest BCUT2D eigenvalue weighted by atomic mass is 9.85. The Hall–Kier alpha value is -2.27. The summed E-state index contributed by atoms with van der Waals surface area (Å²) >= 11 is 0. The van der Waals surface area contributed by atoms with Crippen LogP contribution in [0.2, 0.25) is 0 Å². The largest absolute Gasteiger partial charge is 0.388 e. The van der Waals surface area contributed by atoms with E-state index in [1.165, 1.54) is 18.3 Å². The molecule has 1 amide bonds. The van der Waals surface area contributed by atoms with Gasteiger partial charge in [0.2, 0.25) is 0 Å². The van der Waals surface area contributed by atoms with Crippen LogP contribution < -0.4 is 5.32 Å². The zero-order valence-corrected chi connectivity index (χ0v) is 13.5. The Bertz CT molecular complexity index is 710. The molecule has 2 N–H and O–H groups in total. The number of rotatable bonds is 4. The van der Waals surface area contributed by atoms with Crippen molar-refractivity contribution in [1.29, 1.82) is 0 Å². The molecule has 1 aromatic carbocycles. The van der Waals surface area contributed by atoms with Gasteiger partial charge in [-0.1, -0.05) is 31.4 Å². The van der Waals surface area contributed by atoms with Gasteiger partial charge in [0.15, 0.2) is 0 Å². The van der Waals surface area contributed by atoms with Gasteiger partial charge < -0.3 is 10.4 Å². The molecular weight excluding hydrogens is 307 g/mol. The Morgan fingerprint density at radius 3 is 2.54 bits per heavy atom. The standard InChI is InChI=1S/C19H21FN2O2/c20-16-5-4-12-21-17(16)14-6-8-15(9-7-14)18(23)22-13-19(24)10-2-1-3-11-19/h4-9,12,24H,1-3,10-11,13H2,(H,22,23). The van der Waals surface area contributed by atoms with E-state index in [2.05, 4.69) is 10.3 Å². The maximum absolute atomic E-state index is 13.7. The highest BCUT2D eigenvalue weighted by molar-refractivity contribution is 5.94. The molecule has 0 bridgehead atoms. The van der Waals surface area contributed by atoms with Crippen LogP contribution in [-0.2, 0) is 0 Å². The first-order valence-electron chi connectivity index (χ1n) is 8.29. The maximum Gasteiger partial charge on any atom is 0.251 e. The number of nitrogens with zero attached hydrogens (tertiary/aromatic N) is 1. The van der Waals surface area contributed by atoms with Gasteiger partial charge in [0.25, 0.3) is 5.91 Å². The quantitative estimate of drug-likeness (QED) is 0.905. The molecule has 4 nitrogen and oxygen atoms in total. The minimum atomic E-state index is -0.787. The van der Waals surface area contributed by atoms with Gasteiger partial charge in [-0.2, -0.15) is 0 Å². The van der Waals surface area contributed by atoms with Crippen molar-refractivity contribution in [3.8, 4) is 11.3 Å². The van der Waals surface area contributed by atoms with Crippen molar-refractivity contribution in [2.75, 3.05) is 6.54 Å². The lowest BCUT2D eigenvalue weighted by Gasteiger charge is -2.32. The number of aliphatic hydroxyl groups is 1.